The molecule has 1 atom stereocenters. The summed E-state index contributed by atoms with van der Waals surface area (Å²) in [4.78, 5) is 7.99. The van der Waals surface area contributed by atoms with Crippen molar-refractivity contribution in [2.45, 2.75) is 46.0 Å². The molecule has 1 aromatic heterocycles. The molecule has 0 saturated heterocycles. The molecule has 3 nitrogen and oxygen atoms in total. The fourth-order valence-corrected chi connectivity index (χ4v) is 1.39. The van der Waals surface area contributed by atoms with Gasteiger partial charge in [-0.1, -0.05) is 33.6 Å². The molecule has 0 aliphatic carbocycles. The van der Waals surface area contributed by atoms with Crippen LogP contribution in [0.1, 0.15) is 51.5 Å². The van der Waals surface area contributed by atoms with Crippen LogP contribution in [0.3, 0.4) is 0 Å². The van der Waals surface area contributed by atoms with Crippen molar-refractivity contribution in [2.24, 2.45) is 5.73 Å². The molecule has 0 radical (unpaired) electrons. The minimum absolute atomic E-state index is 0.432. The third-order valence-electron chi connectivity index (χ3n) is 2.24. The van der Waals surface area contributed by atoms with E-state index in [-0.39, 0.29) is 0 Å². The third-order valence-corrected chi connectivity index (χ3v) is 2.24. The van der Waals surface area contributed by atoms with E-state index in [2.05, 4.69) is 16.9 Å². The second-order valence-corrected chi connectivity index (χ2v) is 3.25. The van der Waals surface area contributed by atoms with Crippen LogP contribution in [-0.4, -0.2) is 16.5 Å². The van der Waals surface area contributed by atoms with Crippen molar-refractivity contribution < 1.29 is 0 Å². The zero-order chi connectivity index (χ0) is 11.5. The van der Waals surface area contributed by atoms with Crippen molar-refractivity contribution in [1.82, 2.24) is 9.97 Å². The number of unbranched alkanes of at least 4 members (excludes halogenated alkanes) is 1. The summed E-state index contributed by atoms with van der Waals surface area (Å²) in [6, 6.07) is 0. The lowest BCUT2D eigenvalue weighted by Crippen LogP contribution is -2.12. The van der Waals surface area contributed by atoms with Gasteiger partial charge in [0.15, 0.2) is 0 Å². The second-order valence-electron chi connectivity index (χ2n) is 3.25. The van der Waals surface area contributed by atoms with Crippen molar-refractivity contribution in [3.63, 3.8) is 0 Å². The molecule has 0 saturated carbocycles. The van der Waals surface area contributed by atoms with Gasteiger partial charge < -0.3 is 5.73 Å². The number of rotatable bonds is 5. The molecule has 0 aromatic carbocycles. The number of aromatic nitrogens is 2. The molecule has 0 bridgehead atoms. The minimum atomic E-state index is 0.432. The Balaban J connectivity index is 0.000000921. The lowest BCUT2D eigenvalue weighted by Gasteiger charge is -2.12. The largest absolute Gasteiger partial charge is 0.330 e. The number of hydrogen-bond acceptors (Lipinski definition) is 3. The van der Waals surface area contributed by atoms with E-state index >= 15 is 0 Å². The maximum Gasteiger partial charge on any atom is 0.115 e. The van der Waals surface area contributed by atoms with Crippen molar-refractivity contribution in [2.75, 3.05) is 6.54 Å². The molecule has 86 valence electrons. The van der Waals surface area contributed by atoms with Crippen molar-refractivity contribution >= 4 is 0 Å². The Morgan fingerprint density at radius 2 is 1.87 bits per heavy atom. The molecular formula is C12H23N3. The molecule has 3 heteroatoms. The van der Waals surface area contributed by atoms with Gasteiger partial charge in [0.05, 0.1) is 0 Å². The molecule has 0 aliphatic heterocycles. The van der Waals surface area contributed by atoms with E-state index in [1.807, 2.05) is 26.2 Å². The first-order valence-corrected chi connectivity index (χ1v) is 5.83. The fourth-order valence-electron chi connectivity index (χ4n) is 1.39. The average Bonchev–Trinajstić information content (AvgIpc) is 2.34. The van der Waals surface area contributed by atoms with Gasteiger partial charge in [0.25, 0.3) is 0 Å². The number of hydrogen-bond donors (Lipinski definition) is 1. The molecular weight excluding hydrogens is 186 g/mol. The molecule has 0 unspecified atom stereocenters. The average molecular weight is 209 g/mol. The van der Waals surface area contributed by atoms with Crippen LogP contribution in [0.15, 0.2) is 18.7 Å². The summed E-state index contributed by atoms with van der Waals surface area (Å²) in [5.74, 6) is 0.432. The summed E-state index contributed by atoms with van der Waals surface area (Å²) in [6.07, 6.45) is 8.85. The van der Waals surface area contributed by atoms with Crippen LogP contribution in [0.5, 0.6) is 0 Å². The molecule has 2 N–H and O–H groups in total. The van der Waals surface area contributed by atoms with E-state index in [0.717, 1.165) is 6.42 Å². The zero-order valence-corrected chi connectivity index (χ0v) is 10.1. The highest BCUT2D eigenvalue weighted by Gasteiger charge is 2.08. The predicted octanol–water partition coefficient (Wildman–Crippen LogP) is 2.74. The standard InChI is InChI=1S/C10H17N3.C2H6/c1-2-3-4-9(5-11)10-6-12-8-13-7-10;1-2/h6-9H,2-5,11H2,1H3;1-2H3/t9-;/m0./s1. The first kappa shape index (κ1) is 14.0. The van der Waals surface area contributed by atoms with Crippen LogP contribution in [-0.2, 0) is 0 Å². The lowest BCUT2D eigenvalue weighted by molar-refractivity contribution is 0.588. The second kappa shape index (κ2) is 9.59. The molecule has 15 heavy (non-hydrogen) atoms. The van der Waals surface area contributed by atoms with E-state index in [1.54, 1.807) is 6.33 Å². The van der Waals surface area contributed by atoms with Crippen molar-refractivity contribution in [3.05, 3.63) is 24.3 Å². The van der Waals surface area contributed by atoms with Gasteiger partial charge in [-0.2, -0.15) is 0 Å². The SMILES string of the molecule is CC.CCCC[C@@H](CN)c1cncnc1. The summed E-state index contributed by atoms with van der Waals surface area (Å²) >= 11 is 0. The molecule has 1 aromatic rings. The Labute approximate surface area is 93.1 Å². The first-order valence-electron chi connectivity index (χ1n) is 5.83. The van der Waals surface area contributed by atoms with Gasteiger partial charge in [-0.25, -0.2) is 9.97 Å². The number of nitrogens with zero attached hydrogens (tertiary/aromatic N) is 2. The fraction of sp³-hybridized carbons (Fsp3) is 0.667. The van der Waals surface area contributed by atoms with E-state index in [1.165, 1.54) is 18.4 Å². The summed E-state index contributed by atoms with van der Waals surface area (Å²) in [5.41, 5.74) is 6.86. The van der Waals surface area contributed by atoms with E-state index in [0.29, 0.717) is 12.5 Å². The summed E-state index contributed by atoms with van der Waals surface area (Å²) in [7, 11) is 0. The maximum absolute atomic E-state index is 5.69. The first-order chi connectivity index (χ1) is 7.38. The number of nitrogens with two attached hydrogens (primary N) is 1. The van der Waals surface area contributed by atoms with Gasteiger partial charge in [0.2, 0.25) is 0 Å². The van der Waals surface area contributed by atoms with Crippen LogP contribution in [0.25, 0.3) is 0 Å². The molecule has 0 fully saturated rings. The highest BCUT2D eigenvalue weighted by molar-refractivity contribution is 5.10. The van der Waals surface area contributed by atoms with Crippen molar-refractivity contribution in [1.29, 1.82) is 0 Å². The third kappa shape index (κ3) is 5.47. The highest BCUT2D eigenvalue weighted by Crippen LogP contribution is 2.18. The van der Waals surface area contributed by atoms with Gasteiger partial charge in [0, 0.05) is 12.4 Å². The van der Waals surface area contributed by atoms with Gasteiger partial charge in [-0.05, 0) is 24.4 Å². The molecule has 0 spiro atoms. The Bertz CT molecular complexity index is 224. The van der Waals surface area contributed by atoms with E-state index < -0.39 is 0 Å². The normalized spacial score (nSPS) is 11.5. The van der Waals surface area contributed by atoms with Crippen LogP contribution in [0.2, 0.25) is 0 Å². The minimum Gasteiger partial charge on any atom is -0.330 e. The smallest absolute Gasteiger partial charge is 0.115 e. The van der Waals surface area contributed by atoms with Crippen LogP contribution >= 0.6 is 0 Å². The zero-order valence-electron chi connectivity index (χ0n) is 10.1. The summed E-state index contributed by atoms with van der Waals surface area (Å²) in [6.45, 7) is 6.88. The summed E-state index contributed by atoms with van der Waals surface area (Å²) in [5, 5.41) is 0. The lowest BCUT2D eigenvalue weighted by atomic mass is 9.96. The van der Waals surface area contributed by atoms with Crippen LogP contribution in [0.4, 0.5) is 0 Å². The molecule has 1 heterocycles. The van der Waals surface area contributed by atoms with Gasteiger partial charge in [-0.3, -0.25) is 0 Å². The Hall–Kier alpha value is -0.960. The predicted molar refractivity (Wildman–Crippen MR) is 64.7 cm³/mol. The van der Waals surface area contributed by atoms with Gasteiger partial charge in [0.1, 0.15) is 6.33 Å². The maximum atomic E-state index is 5.69. The monoisotopic (exact) mass is 209 g/mol. The quantitative estimate of drug-likeness (QED) is 0.811. The Kier molecular flexibility index (Phi) is 8.98. The summed E-state index contributed by atoms with van der Waals surface area (Å²) < 4.78 is 0. The Morgan fingerprint density at radius 1 is 1.27 bits per heavy atom. The van der Waals surface area contributed by atoms with Crippen LogP contribution in [0, 0.1) is 0 Å². The van der Waals surface area contributed by atoms with E-state index in [9.17, 15) is 0 Å². The Morgan fingerprint density at radius 3 is 2.33 bits per heavy atom. The van der Waals surface area contributed by atoms with Crippen LogP contribution < -0.4 is 5.73 Å². The topological polar surface area (TPSA) is 51.8 Å². The van der Waals surface area contributed by atoms with Gasteiger partial charge in [-0.15, -0.1) is 0 Å². The molecule has 0 aliphatic rings. The van der Waals surface area contributed by atoms with Crippen molar-refractivity contribution in [3.8, 4) is 0 Å². The van der Waals surface area contributed by atoms with Gasteiger partial charge >= 0.3 is 0 Å². The highest BCUT2D eigenvalue weighted by atomic mass is 14.8. The van der Waals surface area contributed by atoms with E-state index in [4.69, 9.17) is 5.73 Å². The molecule has 1 rings (SSSR count). The molecule has 0 amide bonds.